The molecule has 5 aliphatic rings. The molecular formula is C58H102N2O26S. The zero-order valence-corrected chi connectivity index (χ0v) is 56.2. The van der Waals surface area contributed by atoms with Crippen LogP contribution in [0.15, 0.2) is 29.2 Å². The highest BCUT2D eigenvalue weighted by Gasteiger charge is 2.39. The lowest BCUT2D eigenvalue weighted by molar-refractivity contribution is -0.181. The molecular weight excluding hydrogens is 1170 g/mol. The van der Waals surface area contributed by atoms with Crippen LogP contribution >= 0.6 is 0 Å². The van der Waals surface area contributed by atoms with Gasteiger partial charge in [0.15, 0.2) is 30.5 Å². The van der Waals surface area contributed by atoms with Gasteiger partial charge in [0, 0.05) is 39.2 Å². The molecule has 4 N–H and O–H groups in total. The summed E-state index contributed by atoms with van der Waals surface area (Å²) in [6, 6.07) is 6.24. The van der Waals surface area contributed by atoms with Gasteiger partial charge in [0.1, 0.15) is 22.4 Å². The summed E-state index contributed by atoms with van der Waals surface area (Å²) >= 11 is 0. The van der Waals surface area contributed by atoms with Crippen molar-refractivity contribution in [2.45, 2.75) is 242 Å². The van der Waals surface area contributed by atoms with Crippen LogP contribution < -0.4 is 5.48 Å². The molecule has 28 nitrogen and oxygen atoms in total. The van der Waals surface area contributed by atoms with Crippen LogP contribution in [0, 0.1) is 12.3 Å². The Morgan fingerprint density at radius 1 is 0.494 bits per heavy atom. The van der Waals surface area contributed by atoms with Crippen molar-refractivity contribution in [3.8, 4) is 0 Å². The zero-order valence-electron chi connectivity index (χ0n) is 55.4. The molecule has 0 aromatic heterocycles. The van der Waals surface area contributed by atoms with E-state index < -0.39 is 111 Å². The van der Waals surface area contributed by atoms with Gasteiger partial charge >= 0.3 is 54.1 Å². The molecule has 3 amide bonds. The Morgan fingerprint density at radius 3 is 1.08 bits per heavy atom. The lowest BCUT2D eigenvalue weighted by Crippen LogP contribution is -2.46. The number of rotatable bonds is 7. The number of carbonyl (C=O) groups excluding carboxylic acids is 9. The maximum atomic E-state index is 12.1. The highest BCUT2D eigenvalue weighted by atomic mass is 32.2. The number of nitrogens with one attached hydrogen (secondary N) is 1. The van der Waals surface area contributed by atoms with Gasteiger partial charge in [0.25, 0.3) is 10.1 Å². The first-order valence-corrected chi connectivity index (χ1v) is 29.9. The zero-order chi connectivity index (χ0) is 68.9. The van der Waals surface area contributed by atoms with E-state index in [2.05, 4.69) is 18.9 Å². The maximum Gasteiger partial charge on any atom is 0.444 e. The topological polar surface area (TPSA) is 374 Å². The number of esters is 6. The second kappa shape index (κ2) is 42.6. The Hall–Kier alpha value is -6.24. The largest absolute Gasteiger partial charge is 0.464 e. The number of aryl methyl sites for hydroxylation is 1. The molecule has 1 aromatic rings. The van der Waals surface area contributed by atoms with Crippen molar-refractivity contribution in [3.63, 3.8) is 0 Å². The minimum absolute atomic E-state index is 0.0443. The molecule has 506 valence electrons. The number of imide groups is 1. The summed E-state index contributed by atoms with van der Waals surface area (Å²) in [5.74, 6) is -2.85. The molecule has 0 saturated carbocycles. The fourth-order valence-corrected chi connectivity index (χ4v) is 6.41. The molecule has 0 bridgehead atoms. The van der Waals surface area contributed by atoms with Gasteiger partial charge in [-0.05, 0) is 123 Å². The summed E-state index contributed by atoms with van der Waals surface area (Å²) in [6.45, 7) is 41.5. The predicted molar refractivity (Wildman–Crippen MR) is 314 cm³/mol. The van der Waals surface area contributed by atoms with Crippen LogP contribution in [0.25, 0.3) is 0 Å². The van der Waals surface area contributed by atoms with Gasteiger partial charge in [-0.25, -0.2) is 43.2 Å². The normalized spacial score (nSPS) is 19.1. The molecule has 0 radical (unpaired) electrons. The first-order chi connectivity index (χ1) is 40.0. The monoisotopic (exact) mass is 1270 g/mol. The van der Waals surface area contributed by atoms with E-state index in [1.54, 1.807) is 74.4 Å². The number of hydrogen-bond acceptors (Lipinski definition) is 26. The number of aliphatic hydroxyl groups is 3. The van der Waals surface area contributed by atoms with Crippen molar-refractivity contribution in [2.75, 3.05) is 40.1 Å². The highest BCUT2D eigenvalue weighted by Crippen LogP contribution is 2.22. The van der Waals surface area contributed by atoms with E-state index in [9.17, 15) is 51.6 Å². The van der Waals surface area contributed by atoms with Crippen LogP contribution in [-0.4, -0.2) is 176 Å². The Balaban J connectivity index is -0.000000480. The Labute approximate surface area is 514 Å². The lowest BCUT2D eigenvalue weighted by Gasteiger charge is -2.28. The number of aliphatic hydroxyl groups excluding tert-OH is 3. The molecule has 5 heterocycles. The number of benzene rings is 1. The van der Waals surface area contributed by atoms with Gasteiger partial charge in [0.05, 0.1) is 43.3 Å². The van der Waals surface area contributed by atoms with E-state index >= 15 is 0 Å². The molecule has 0 spiro atoms. The average molecular weight is 1280 g/mol. The number of hydroxylamine groups is 3. The lowest BCUT2D eigenvalue weighted by atomic mass is 9.97. The first-order valence-electron chi connectivity index (χ1n) is 28.4. The van der Waals surface area contributed by atoms with E-state index in [0.717, 1.165) is 12.7 Å². The fraction of sp³-hybridized carbons (Fsp3) is 0.741. The second-order valence-electron chi connectivity index (χ2n) is 22.5. The average Bonchev–Trinajstić information content (AvgIpc) is 2.84. The second-order valence-corrected chi connectivity index (χ2v) is 24.0. The molecule has 1 aromatic carbocycles. The van der Waals surface area contributed by atoms with E-state index in [0.29, 0.717) is 44.1 Å². The highest BCUT2D eigenvalue weighted by molar-refractivity contribution is 7.86. The van der Waals surface area contributed by atoms with Crippen molar-refractivity contribution in [1.29, 1.82) is 0 Å². The summed E-state index contributed by atoms with van der Waals surface area (Å²) in [5, 5.41) is 24.4. The molecule has 29 heteroatoms. The molecule has 3 unspecified atom stereocenters. The van der Waals surface area contributed by atoms with E-state index in [-0.39, 0.29) is 42.5 Å². The number of nitrogens with zero attached hydrogens (tertiary/aromatic N) is 1. The van der Waals surface area contributed by atoms with Gasteiger partial charge < -0.3 is 58.0 Å². The summed E-state index contributed by atoms with van der Waals surface area (Å²) < 4.78 is 71.5. The van der Waals surface area contributed by atoms with Crippen molar-refractivity contribution in [3.05, 3.63) is 29.8 Å². The van der Waals surface area contributed by atoms with Crippen molar-refractivity contribution >= 4 is 64.2 Å². The number of amides is 3. The molecule has 5 aliphatic heterocycles. The van der Waals surface area contributed by atoms with E-state index in [1.165, 1.54) is 12.1 Å². The predicted octanol–water partition coefficient (Wildman–Crippen LogP) is 7.83. The van der Waals surface area contributed by atoms with Crippen molar-refractivity contribution in [1.82, 2.24) is 10.5 Å². The van der Waals surface area contributed by atoms with Crippen molar-refractivity contribution in [2.24, 2.45) is 5.41 Å². The summed E-state index contributed by atoms with van der Waals surface area (Å²) in [5.41, 5.74) is -0.0348. The SMILES string of the molecule is CC.CC.CC.CC(C)(C)OC(=O)C(C)(C)C.CC(C)(C)OC(=O)N(OC1CCOC1=O)C(=O)OC(C)(C)C.CC(C)(C)OC(=O)NOC1CCOC1=O.CO.Cc1ccc(S(=O)(=O)O[C@H]2CCOC2=O)cc1.O=C1OCCC1O.O=C1OCC[C@@H]1O. The van der Waals surface area contributed by atoms with Crippen LogP contribution in [0.5, 0.6) is 0 Å². The molecule has 0 aliphatic carbocycles. The van der Waals surface area contributed by atoms with Crippen LogP contribution in [0.1, 0.15) is 183 Å². The number of carbonyl (C=O) groups is 9. The van der Waals surface area contributed by atoms with E-state index in [4.69, 9.17) is 52.9 Å². The standard InChI is InChI=1S/C14H23NO7.C11H12O5S.C9H15NO5.C9H18O2.2C4H6O3.3C2H6.CH4O/c1-13(2,3)20-11(17)15(12(18)21-14(4,5)6)22-9-7-8-19-10(9)16;1-8-2-4-9(5-3-8)17(13,14)16-10-6-7-15-11(10)12;1-9(2,3)14-8(12)10-15-6-4-5-13-7(6)11;1-8(2,3)7(10)11-9(4,5)6;2*5-3-1-2-7-4(3)6;4*1-2/h9H,7-8H2,1-6H3;2-5,10H,6-7H2,1H3;6H,4-5H2,1-3H3,(H,10,12);1-6H3;2*3,5H,1-2H2;3*1-2H3;2H,1H3/t;10-;;;3-;;;;;/m.0..0...../s1. The van der Waals surface area contributed by atoms with Crippen LogP contribution in [0.2, 0.25) is 0 Å². The molecule has 5 atom stereocenters. The van der Waals surface area contributed by atoms with Gasteiger partial charge in [-0.1, -0.05) is 64.3 Å². The van der Waals surface area contributed by atoms with Crippen LogP contribution in [-0.2, 0) is 95.4 Å². The minimum Gasteiger partial charge on any atom is -0.464 e. The quantitative estimate of drug-likeness (QED) is 0.0874. The van der Waals surface area contributed by atoms with Gasteiger partial charge in [-0.15, -0.1) is 0 Å². The van der Waals surface area contributed by atoms with Gasteiger partial charge in [-0.3, -0.25) is 13.8 Å². The summed E-state index contributed by atoms with van der Waals surface area (Å²) in [4.78, 5) is 110. The van der Waals surface area contributed by atoms with E-state index in [1.807, 2.05) is 95.5 Å². The first kappa shape index (κ1) is 87.2. The van der Waals surface area contributed by atoms with Gasteiger partial charge in [0.2, 0.25) is 0 Å². The Kier molecular flexibility index (Phi) is 42.7. The van der Waals surface area contributed by atoms with Crippen LogP contribution in [0.4, 0.5) is 14.4 Å². The molecule has 6 rings (SSSR count). The third kappa shape index (κ3) is 41.5. The van der Waals surface area contributed by atoms with Crippen molar-refractivity contribution < 1.29 is 123 Å². The third-order valence-electron chi connectivity index (χ3n) is 9.08. The Bertz CT molecular complexity index is 2280. The molecule has 5 saturated heterocycles. The fourth-order valence-electron chi connectivity index (χ4n) is 5.35. The summed E-state index contributed by atoms with van der Waals surface area (Å²) in [7, 11) is -2.89. The molecule has 87 heavy (non-hydrogen) atoms. The summed E-state index contributed by atoms with van der Waals surface area (Å²) in [6.07, 6.45) is -5.44. The third-order valence-corrected chi connectivity index (χ3v) is 10.4. The Morgan fingerprint density at radius 2 is 0.816 bits per heavy atom. The minimum atomic E-state index is -3.89. The molecule has 5 fully saturated rings. The maximum absolute atomic E-state index is 12.1. The smallest absolute Gasteiger partial charge is 0.444 e. The number of cyclic esters (lactones) is 5. The number of hydrogen-bond donors (Lipinski definition) is 4. The van der Waals surface area contributed by atoms with Crippen LogP contribution in [0.3, 0.4) is 0 Å². The van der Waals surface area contributed by atoms with Gasteiger partial charge in [-0.2, -0.15) is 13.9 Å². The number of ether oxygens (including phenoxy) is 9.